The minimum Gasteiger partial charge on any atom is -0.342 e. The Hall–Kier alpha value is -2.89. The van der Waals surface area contributed by atoms with Gasteiger partial charge in [0.2, 0.25) is 5.91 Å². The van der Waals surface area contributed by atoms with Gasteiger partial charge in [0.15, 0.2) is 0 Å². The van der Waals surface area contributed by atoms with E-state index in [9.17, 15) is 4.79 Å². The van der Waals surface area contributed by atoms with Crippen LogP contribution in [0.5, 0.6) is 0 Å². The van der Waals surface area contributed by atoms with Crippen molar-refractivity contribution in [2.24, 2.45) is 0 Å². The maximum absolute atomic E-state index is 12.5. The Kier molecular flexibility index (Phi) is 4.33. The summed E-state index contributed by atoms with van der Waals surface area (Å²) >= 11 is 0. The van der Waals surface area contributed by atoms with E-state index >= 15 is 0 Å². The van der Waals surface area contributed by atoms with Gasteiger partial charge in [-0.25, -0.2) is 0 Å². The smallest absolute Gasteiger partial charge is 0.224 e. The molecule has 128 valence electrons. The van der Waals surface area contributed by atoms with Crippen LogP contribution in [0.1, 0.15) is 17.7 Å². The number of hydrogen-bond acceptors (Lipinski definition) is 3. The number of carbonyl (C=O) groups is 1. The van der Waals surface area contributed by atoms with Crippen LogP contribution in [-0.2, 0) is 24.2 Å². The summed E-state index contributed by atoms with van der Waals surface area (Å²) in [7, 11) is 0. The third kappa shape index (κ3) is 3.33. The van der Waals surface area contributed by atoms with E-state index in [0.29, 0.717) is 13.0 Å². The minimum absolute atomic E-state index is 0.190. The Balaban J connectivity index is 1.43. The Morgan fingerprint density at radius 1 is 1.12 bits per heavy atom. The van der Waals surface area contributed by atoms with E-state index in [2.05, 4.69) is 27.4 Å². The predicted molar refractivity (Wildman–Crippen MR) is 94.9 cm³/mol. The van der Waals surface area contributed by atoms with Gasteiger partial charge in [0.05, 0.1) is 5.69 Å². The molecular formula is C19H21N5O. The van der Waals surface area contributed by atoms with Crippen molar-refractivity contribution in [1.82, 2.24) is 24.9 Å². The molecule has 6 nitrogen and oxygen atoms in total. The molecule has 0 radical (unpaired) electrons. The van der Waals surface area contributed by atoms with E-state index in [1.807, 2.05) is 35.4 Å². The van der Waals surface area contributed by atoms with Crippen LogP contribution in [0.25, 0.3) is 11.3 Å². The molecule has 0 saturated carbocycles. The van der Waals surface area contributed by atoms with E-state index in [1.54, 1.807) is 10.9 Å². The fourth-order valence-corrected chi connectivity index (χ4v) is 3.37. The second-order valence-corrected chi connectivity index (χ2v) is 6.30. The summed E-state index contributed by atoms with van der Waals surface area (Å²) in [6, 6.07) is 12.1. The lowest BCUT2D eigenvalue weighted by atomic mass is 10.0. The Morgan fingerprint density at radius 2 is 1.96 bits per heavy atom. The van der Waals surface area contributed by atoms with Crippen molar-refractivity contribution in [2.75, 3.05) is 13.1 Å². The number of H-pyrrole nitrogens is 1. The zero-order valence-corrected chi connectivity index (χ0v) is 14.1. The molecular weight excluding hydrogens is 314 g/mol. The fourth-order valence-electron chi connectivity index (χ4n) is 3.37. The molecule has 0 fully saturated rings. The minimum atomic E-state index is 0.190. The molecule has 0 atom stereocenters. The maximum atomic E-state index is 12.5. The number of carbonyl (C=O) groups excluding carboxylic acids is 1. The van der Waals surface area contributed by atoms with E-state index in [1.165, 1.54) is 5.56 Å². The summed E-state index contributed by atoms with van der Waals surface area (Å²) < 4.78 is 1.80. The number of nitrogens with one attached hydrogen (secondary N) is 1. The number of aromatic nitrogens is 4. The lowest BCUT2D eigenvalue weighted by Crippen LogP contribution is -2.34. The highest BCUT2D eigenvalue weighted by molar-refractivity contribution is 5.76. The topological polar surface area (TPSA) is 66.8 Å². The van der Waals surface area contributed by atoms with E-state index in [4.69, 9.17) is 0 Å². The van der Waals surface area contributed by atoms with Gasteiger partial charge in [-0.3, -0.25) is 14.6 Å². The number of hydrogen-bond donors (Lipinski definition) is 1. The number of aryl methyl sites for hydroxylation is 1. The van der Waals surface area contributed by atoms with Gasteiger partial charge < -0.3 is 4.90 Å². The number of fused-ring (bicyclic) bond motifs is 1. The summed E-state index contributed by atoms with van der Waals surface area (Å²) in [5.41, 5.74) is 4.54. The average Bonchev–Trinajstić information content (AvgIpc) is 3.26. The first-order valence-corrected chi connectivity index (χ1v) is 8.68. The van der Waals surface area contributed by atoms with Crippen molar-refractivity contribution in [3.8, 4) is 11.3 Å². The summed E-state index contributed by atoms with van der Waals surface area (Å²) in [5.74, 6) is 0.190. The monoisotopic (exact) mass is 335 g/mol. The summed E-state index contributed by atoms with van der Waals surface area (Å²) in [6.07, 6.45) is 5.77. The number of amides is 1. The summed E-state index contributed by atoms with van der Waals surface area (Å²) in [5, 5.41) is 11.8. The molecule has 1 aliphatic heterocycles. The third-order valence-corrected chi connectivity index (χ3v) is 4.73. The van der Waals surface area contributed by atoms with Crippen LogP contribution in [0.4, 0.5) is 0 Å². The summed E-state index contributed by atoms with van der Waals surface area (Å²) in [4.78, 5) is 14.5. The van der Waals surface area contributed by atoms with Gasteiger partial charge in [0, 0.05) is 61.7 Å². The van der Waals surface area contributed by atoms with E-state index in [-0.39, 0.29) is 5.91 Å². The first-order chi connectivity index (χ1) is 12.3. The van der Waals surface area contributed by atoms with Crippen molar-refractivity contribution in [3.05, 3.63) is 60.0 Å². The first kappa shape index (κ1) is 15.6. The highest BCUT2D eigenvalue weighted by atomic mass is 16.2. The molecule has 0 unspecified atom stereocenters. The van der Waals surface area contributed by atoms with Crippen LogP contribution in [0.2, 0.25) is 0 Å². The average molecular weight is 335 g/mol. The highest BCUT2D eigenvalue weighted by Crippen LogP contribution is 2.26. The molecule has 1 aliphatic rings. The highest BCUT2D eigenvalue weighted by Gasteiger charge is 2.22. The molecule has 2 aromatic heterocycles. The number of rotatable bonds is 4. The lowest BCUT2D eigenvalue weighted by molar-refractivity contribution is -0.131. The van der Waals surface area contributed by atoms with Crippen molar-refractivity contribution < 1.29 is 4.79 Å². The third-order valence-electron chi connectivity index (χ3n) is 4.73. The number of aromatic amines is 1. The van der Waals surface area contributed by atoms with Crippen molar-refractivity contribution in [2.45, 2.75) is 25.8 Å². The second-order valence-electron chi connectivity index (χ2n) is 6.30. The number of nitrogens with zero attached hydrogens (tertiary/aromatic N) is 4. The summed E-state index contributed by atoms with van der Waals surface area (Å²) in [6.45, 7) is 2.11. The van der Waals surface area contributed by atoms with Gasteiger partial charge in [-0.2, -0.15) is 10.2 Å². The van der Waals surface area contributed by atoms with Gasteiger partial charge in [-0.15, -0.1) is 0 Å². The molecule has 1 aromatic carbocycles. The normalized spacial score (nSPS) is 14.2. The first-order valence-electron chi connectivity index (χ1n) is 8.68. The Bertz CT molecular complexity index is 838. The van der Waals surface area contributed by atoms with E-state index < -0.39 is 0 Å². The van der Waals surface area contributed by atoms with Gasteiger partial charge in [-0.1, -0.05) is 30.3 Å². The molecule has 0 bridgehead atoms. The molecule has 6 heteroatoms. The zero-order chi connectivity index (χ0) is 17.1. The van der Waals surface area contributed by atoms with Crippen LogP contribution in [-0.4, -0.2) is 43.9 Å². The molecule has 0 saturated heterocycles. The van der Waals surface area contributed by atoms with Gasteiger partial charge in [-0.05, 0) is 12.5 Å². The van der Waals surface area contributed by atoms with Gasteiger partial charge in [0.1, 0.15) is 0 Å². The Labute approximate surface area is 146 Å². The van der Waals surface area contributed by atoms with Gasteiger partial charge in [0.25, 0.3) is 0 Å². The molecule has 4 rings (SSSR count). The maximum Gasteiger partial charge on any atom is 0.224 e. The van der Waals surface area contributed by atoms with Crippen LogP contribution in [0.15, 0.2) is 48.8 Å². The molecule has 25 heavy (non-hydrogen) atoms. The fraction of sp³-hybridized carbons (Fsp3) is 0.316. The standard InChI is InChI=1S/C19H21N5O/c25-18(9-14-24-11-4-10-20-24)23-12-7-16-17(8-13-23)21-22-19(16)15-5-2-1-3-6-15/h1-6,10-11H,7-9,12-14H2,(H,21,22). The molecule has 0 aliphatic carbocycles. The zero-order valence-electron chi connectivity index (χ0n) is 14.1. The van der Waals surface area contributed by atoms with Crippen LogP contribution in [0, 0.1) is 0 Å². The quantitative estimate of drug-likeness (QED) is 0.795. The lowest BCUT2D eigenvalue weighted by Gasteiger charge is -2.20. The number of benzene rings is 1. The van der Waals surface area contributed by atoms with Crippen LogP contribution in [0.3, 0.4) is 0 Å². The predicted octanol–water partition coefficient (Wildman–Crippen LogP) is 2.29. The molecule has 0 spiro atoms. The molecule has 1 N–H and O–H groups in total. The second kappa shape index (κ2) is 6.93. The van der Waals surface area contributed by atoms with Gasteiger partial charge >= 0.3 is 0 Å². The molecule has 3 heterocycles. The van der Waals surface area contributed by atoms with Crippen molar-refractivity contribution in [1.29, 1.82) is 0 Å². The molecule has 1 amide bonds. The van der Waals surface area contributed by atoms with Crippen LogP contribution < -0.4 is 0 Å². The Morgan fingerprint density at radius 3 is 2.76 bits per heavy atom. The van der Waals surface area contributed by atoms with Crippen molar-refractivity contribution >= 4 is 5.91 Å². The SMILES string of the molecule is O=C(CCn1cccn1)N1CCc2[nH]nc(-c3ccccc3)c2CC1. The largest absolute Gasteiger partial charge is 0.342 e. The van der Waals surface area contributed by atoms with Crippen LogP contribution >= 0.6 is 0 Å². The van der Waals surface area contributed by atoms with E-state index in [0.717, 1.165) is 42.9 Å². The molecule has 3 aromatic rings. The van der Waals surface area contributed by atoms with Crippen molar-refractivity contribution in [3.63, 3.8) is 0 Å².